The molecule has 0 bridgehead atoms. The van der Waals surface area contributed by atoms with Crippen LogP contribution in [0.15, 0.2) is 12.3 Å². The fourth-order valence-corrected chi connectivity index (χ4v) is 2.40. The molecule has 1 fully saturated rings. The van der Waals surface area contributed by atoms with Gasteiger partial charge in [-0.3, -0.25) is 15.0 Å². The Balaban J connectivity index is 1.92. The van der Waals surface area contributed by atoms with E-state index in [9.17, 15) is 10.1 Å². The van der Waals surface area contributed by atoms with Crippen molar-refractivity contribution in [2.75, 3.05) is 25.0 Å². The highest BCUT2D eigenvalue weighted by Crippen LogP contribution is 2.19. The molecule has 1 aromatic heterocycles. The van der Waals surface area contributed by atoms with Gasteiger partial charge in [0.2, 0.25) is 0 Å². The predicted octanol–water partition coefficient (Wildman–Crippen LogP) is 2.19. The summed E-state index contributed by atoms with van der Waals surface area (Å²) in [7, 11) is 0. The van der Waals surface area contributed by atoms with Gasteiger partial charge in [-0.1, -0.05) is 0 Å². The van der Waals surface area contributed by atoms with Gasteiger partial charge in [-0.2, -0.15) is 0 Å². The van der Waals surface area contributed by atoms with Crippen molar-refractivity contribution in [2.24, 2.45) is 0 Å². The molecule has 6 nitrogen and oxygen atoms in total. The second kappa shape index (κ2) is 5.97. The van der Waals surface area contributed by atoms with Crippen LogP contribution in [0.25, 0.3) is 0 Å². The van der Waals surface area contributed by atoms with Crippen molar-refractivity contribution < 1.29 is 4.92 Å². The standard InChI is InChI=1S/C13H20N4O2/c1-10-7-13(15-9-12(10)17(18)19)14-8-11(2)16-5-3-4-6-16/h7,9,11H,3-6,8H2,1-2H3,(H,14,15). The number of pyridine rings is 1. The molecule has 2 rings (SSSR count). The molecule has 0 saturated carbocycles. The Labute approximate surface area is 113 Å². The molecular weight excluding hydrogens is 244 g/mol. The van der Waals surface area contributed by atoms with Gasteiger partial charge in [0.25, 0.3) is 5.69 Å². The number of likely N-dealkylation sites (tertiary alicyclic amines) is 1. The van der Waals surface area contributed by atoms with Crippen LogP contribution in [0.2, 0.25) is 0 Å². The van der Waals surface area contributed by atoms with E-state index < -0.39 is 4.92 Å². The Hall–Kier alpha value is -1.69. The van der Waals surface area contributed by atoms with Crippen LogP contribution in [-0.4, -0.2) is 40.5 Å². The fraction of sp³-hybridized carbons (Fsp3) is 0.615. The first kappa shape index (κ1) is 13.7. The zero-order valence-electron chi connectivity index (χ0n) is 11.4. The van der Waals surface area contributed by atoms with Gasteiger partial charge in [0, 0.05) is 18.2 Å². The molecule has 1 saturated heterocycles. The highest BCUT2D eigenvalue weighted by molar-refractivity contribution is 5.46. The normalized spacial score (nSPS) is 17.4. The maximum absolute atomic E-state index is 10.7. The number of nitro groups is 1. The van der Waals surface area contributed by atoms with E-state index >= 15 is 0 Å². The Morgan fingerprint density at radius 1 is 1.53 bits per heavy atom. The van der Waals surface area contributed by atoms with E-state index in [1.54, 1.807) is 13.0 Å². The second-order valence-corrected chi connectivity index (χ2v) is 5.09. The summed E-state index contributed by atoms with van der Waals surface area (Å²) in [6, 6.07) is 2.19. The number of hydrogen-bond donors (Lipinski definition) is 1. The number of aromatic nitrogens is 1. The van der Waals surface area contributed by atoms with Crippen molar-refractivity contribution in [3.05, 3.63) is 27.9 Å². The first-order valence-corrected chi connectivity index (χ1v) is 6.67. The van der Waals surface area contributed by atoms with Gasteiger partial charge in [0.05, 0.1) is 4.92 Å². The van der Waals surface area contributed by atoms with Gasteiger partial charge >= 0.3 is 0 Å². The van der Waals surface area contributed by atoms with Crippen molar-refractivity contribution in [3.8, 4) is 0 Å². The smallest absolute Gasteiger partial charge is 0.290 e. The maximum Gasteiger partial charge on any atom is 0.290 e. The van der Waals surface area contributed by atoms with Crippen LogP contribution < -0.4 is 5.32 Å². The van der Waals surface area contributed by atoms with E-state index in [1.807, 2.05) is 0 Å². The van der Waals surface area contributed by atoms with Gasteiger partial charge in [-0.25, -0.2) is 4.98 Å². The van der Waals surface area contributed by atoms with Crippen molar-refractivity contribution in [1.82, 2.24) is 9.88 Å². The van der Waals surface area contributed by atoms with Crippen molar-refractivity contribution in [3.63, 3.8) is 0 Å². The number of anilines is 1. The van der Waals surface area contributed by atoms with Crippen LogP contribution in [0.1, 0.15) is 25.3 Å². The number of rotatable bonds is 5. The maximum atomic E-state index is 10.7. The summed E-state index contributed by atoms with van der Waals surface area (Å²) in [6.45, 7) is 7.06. The molecule has 0 spiro atoms. The molecule has 1 aliphatic rings. The number of aryl methyl sites for hydroxylation is 1. The molecule has 6 heteroatoms. The average Bonchev–Trinajstić information content (AvgIpc) is 2.89. The van der Waals surface area contributed by atoms with Crippen molar-refractivity contribution in [1.29, 1.82) is 0 Å². The SMILES string of the molecule is Cc1cc(NCC(C)N2CCCC2)ncc1[N+](=O)[O-]. The van der Waals surface area contributed by atoms with E-state index in [1.165, 1.54) is 19.0 Å². The monoisotopic (exact) mass is 264 g/mol. The van der Waals surface area contributed by atoms with Gasteiger partial charge in [0.15, 0.2) is 0 Å². The topological polar surface area (TPSA) is 71.3 Å². The number of nitrogens with zero attached hydrogens (tertiary/aromatic N) is 3. The Morgan fingerprint density at radius 2 is 2.21 bits per heavy atom. The average molecular weight is 264 g/mol. The summed E-state index contributed by atoms with van der Waals surface area (Å²) in [5.74, 6) is 0.703. The zero-order chi connectivity index (χ0) is 13.8. The van der Waals surface area contributed by atoms with E-state index in [-0.39, 0.29) is 5.69 Å². The Kier molecular flexibility index (Phi) is 4.31. The molecule has 1 unspecified atom stereocenters. The lowest BCUT2D eigenvalue weighted by atomic mass is 10.2. The minimum absolute atomic E-state index is 0.0677. The number of nitrogens with one attached hydrogen (secondary N) is 1. The van der Waals surface area contributed by atoms with Crippen molar-refractivity contribution >= 4 is 11.5 Å². The van der Waals surface area contributed by atoms with Gasteiger partial charge in [-0.15, -0.1) is 0 Å². The van der Waals surface area contributed by atoms with E-state index in [4.69, 9.17) is 0 Å². The predicted molar refractivity (Wildman–Crippen MR) is 74.4 cm³/mol. The van der Waals surface area contributed by atoms with Crippen molar-refractivity contribution in [2.45, 2.75) is 32.7 Å². The van der Waals surface area contributed by atoms with Crippen LogP contribution in [0.4, 0.5) is 11.5 Å². The Bertz CT molecular complexity index is 458. The molecule has 104 valence electrons. The quantitative estimate of drug-likeness (QED) is 0.652. The van der Waals surface area contributed by atoms with Gasteiger partial charge in [-0.05, 0) is 45.8 Å². The zero-order valence-corrected chi connectivity index (χ0v) is 11.4. The Morgan fingerprint density at radius 3 is 2.79 bits per heavy atom. The number of hydrogen-bond acceptors (Lipinski definition) is 5. The minimum Gasteiger partial charge on any atom is -0.368 e. The summed E-state index contributed by atoms with van der Waals surface area (Å²) < 4.78 is 0. The molecule has 0 amide bonds. The molecule has 1 atom stereocenters. The molecule has 2 heterocycles. The third kappa shape index (κ3) is 3.41. The molecule has 1 N–H and O–H groups in total. The summed E-state index contributed by atoms with van der Waals surface area (Å²) in [4.78, 5) is 16.8. The first-order valence-electron chi connectivity index (χ1n) is 6.67. The molecule has 19 heavy (non-hydrogen) atoms. The summed E-state index contributed by atoms with van der Waals surface area (Å²) in [5, 5.41) is 14.0. The third-order valence-electron chi connectivity index (χ3n) is 3.62. The van der Waals surface area contributed by atoms with Gasteiger partial charge in [0.1, 0.15) is 12.0 Å². The molecular formula is C13H20N4O2. The molecule has 0 radical (unpaired) electrons. The minimum atomic E-state index is -0.404. The first-order chi connectivity index (χ1) is 9.08. The lowest BCUT2D eigenvalue weighted by Crippen LogP contribution is -2.35. The fourth-order valence-electron chi connectivity index (χ4n) is 2.40. The van der Waals surface area contributed by atoms with Gasteiger partial charge < -0.3 is 5.32 Å². The lowest BCUT2D eigenvalue weighted by molar-refractivity contribution is -0.385. The molecule has 0 aliphatic carbocycles. The van der Waals surface area contributed by atoms with Crippen LogP contribution in [-0.2, 0) is 0 Å². The summed E-state index contributed by atoms with van der Waals surface area (Å²) in [5.41, 5.74) is 0.703. The third-order valence-corrected chi connectivity index (χ3v) is 3.62. The highest BCUT2D eigenvalue weighted by Gasteiger charge is 2.18. The largest absolute Gasteiger partial charge is 0.368 e. The molecule has 1 aliphatic heterocycles. The second-order valence-electron chi connectivity index (χ2n) is 5.09. The molecule has 0 aromatic carbocycles. The molecule has 1 aromatic rings. The lowest BCUT2D eigenvalue weighted by Gasteiger charge is -2.24. The van der Waals surface area contributed by atoms with E-state index in [2.05, 4.69) is 22.1 Å². The van der Waals surface area contributed by atoms with E-state index in [0.717, 1.165) is 19.6 Å². The van der Waals surface area contributed by atoms with Crippen LogP contribution in [0, 0.1) is 17.0 Å². The summed E-state index contributed by atoms with van der Waals surface area (Å²) >= 11 is 0. The summed E-state index contributed by atoms with van der Waals surface area (Å²) in [6.07, 6.45) is 3.87. The highest BCUT2D eigenvalue weighted by atomic mass is 16.6. The van der Waals surface area contributed by atoms with E-state index in [0.29, 0.717) is 17.4 Å². The van der Waals surface area contributed by atoms with Crippen LogP contribution >= 0.6 is 0 Å². The van der Waals surface area contributed by atoms with Crippen LogP contribution in [0.5, 0.6) is 0 Å². The van der Waals surface area contributed by atoms with Crippen LogP contribution in [0.3, 0.4) is 0 Å².